The normalized spacial score (nSPS) is 28.5. The molecule has 0 heterocycles. The van der Waals surface area contributed by atoms with Crippen molar-refractivity contribution in [2.24, 2.45) is 23.7 Å². The van der Waals surface area contributed by atoms with Gasteiger partial charge in [-0.3, -0.25) is 4.39 Å². The van der Waals surface area contributed by atoms with E-state index in [9.17, 15) is 22.0 Å². The van der Waals surface area contributed by atoms with E-state index in [1.54, 1.807) is 0 Å². The molecule has 0 N–H and O–H groups in total. The second-order valence-electron chi connectivity index (χ2n) is 9.01. The van der Waals surface area contributed by atoms with Crippen molar-refractivity contribution >= 4 is 15.9 Å². The van der Waals surface area contributed by atoms with Gasteiger partial charge in [-0.2, -0.15) is 8.78 Å². The molecule has 1 aromatic carbocycles. The average Bonchev–Trinajstić information content (AvgIpc) is 2.66. The standard InChI is InChI=1S/C23H30BrF5/c24-23(28,29)22-20(26)13-17(14-21(22)27)2-1-15-3-7-18(8-4-15)19-9-5-16(6-10-19)11-12-25/h13-16,18-19H,1-12H2. The number of alkyl halides is 4. The molecule has 0 nitrogen and oxygen atoms in total. The van der Waals surface area contributed by atoms with Crippen LogP contribution in [0.2, 0.25) is 0 Å². The molecule has 2 aliphatic rings. The zero-order chi connectivity index (χ0) is 21.0. The van der Waals surface area contributed by atoms with Crippen LogP contribution >= 0.6 is 15.9 Å². The van der Waals surface area contributed by atoms with Crippen LogP contribution in [0.4, 0.5) is 22.0 Å². The highest BCUT2D eigenvalue weighted by atomic mass is 79.9. The third kappa shape index (κ3) is 6.18. The van der Waals surface area contributed by atoms with Crippen molar-refractivity contribution < 1.29 is 22.0 Å². The highest BCUT2D eigenvalue weighted by molar-refractivity contribution is 9.09. The lowest BCUT2D eigenvalue weighted by atomic mass is 9.68. The maximum Gasteiger partial charge on any atom is 0.332 e. The zero-order valence-corrected chi connectivity index (χ0v) is 18.3. The molecule has 0 atom stereocenters. The Hall–Kier alpha value is -0.650. The summed E-state index contributed by atoms with van der Waals surface area (Å²) in [6, 6.07) is 2.07. The predicted molar refractivity (Wildman–Crippen MR) is 109 cm³/mol. The Morgan fingerprint density at radius 3 is 1.66 bits per heavy atom. The van der Waals surface area contributed by atoms with Crippen molar-refractivity contribution in [3.05, 3.63) is 34.9 Å². The number of hydrogen-bond donors (Lipinski definition) is 0. The molecule has 2 saturated carbocycles. The first-order valence-corrected chi connectivity index (χ1v) is 11.7. The fraction of sp³-hybridized carbons (Fsp3) is 0.739. The lowest BCUT2D eigenvalue weighted by Gasteiger charge is -2.37. The quantitative estimate of drug-likeness (QED) is 0.271. The molecular formula is C23H30BrF5. The monoisotopic (exact) mass is 480 g/mol. The van der Waals surface area contributed by atoms with Gasteiger partial charge in [0.05, 0.1) is 6.67 Å². The van der Waals surface area contributed by atoms with Crippen molar-refractivity contribution in [2.75, 3.05) is 6.67 Å². The summed E-state index contributed by atoms with van der Waals surface area (Å²) in [7, 11) is 0. The summed E-state index contributed by atoms with van der Waals surface area (Å²) in [4.78, 5) is -3.71. The number of rotatable bonds is 7. The van der Waals surface area contributed by atoms with Gasteiger partial charge in [0, 0.05) is 0 Å². The highest BCUT2D eigenvalue weighted by Gasteiger charge is 2.35. The molecule has 0 amide bonds. The Labute approximate surface area is 178 Å². The van der Waals surface area contributed by atoms with Gasteiger partial charge < -0.3 is 0 Å². The van der Waals surface area contributed by atoms with Gasteiger partial charge in [-0.15, -0.1) is 0 Å². The Kier molecular flexibility index (Phi) is 8.02. The third-order valence-corrected chi connectivity index (χ3v) is 7.59. The van der Waals surface area contributed by atoms with Crippen molar-refractivity contribution in [1.29, 1.82) is 0 Å². The van der Waals surface area contributed by atoms with E-state index in [2.05, 4.69) is 0 Å². The summed E-state index contributed by atoms with van der Waals surface area (Å²) in [5.41, 5.74) is -0.781. The summed E-state index contributed by atoms with van der Waals surface area (Å²) in [6.07, 6.45) is 11.5. The molecule has 0 aromatic heterocycles. The molecule has 0 unspecified atom stereocenters. The van der Waals surface area contributed by atoms with E-state index in [-0.39, 0.29) is 6.67 Å². The lowest BCUT2D eigenvalue weighted by molar-refractivity contribution is 0.105. The first-order valence-electron chi connectivity index (χ1n) is 10.9. The van der Waals surface area contributed by atoms with E-state index in [4.69, 9.17) is 0 Å². The summed E-state index contributed by atoms with van der Waals surface area (Å²) in [5.74, 6) is 0.228. The maximum absolute atomic E-state index is 13.9. The number of aryl methyl sites for hydroxylation is 1. The largest absolute Gasteiger partial charge is 0.332 e. The van der Waals surface area contributed by atoms with E-state index in [0.717, 1.165) is 62.5 Å². The van der Waals surface area contributed by atoms with E-state index in [1.165, 1.54) is 25.7 Å². The predicted octanol–water partition coefficient (Wildman–Crippen LogP) is 8.31. The van der Waals surface area contributed by atoms with Gasteiger partial charge in [0.25, 0.3) is 0 Å². The zero-order valence-electron chi connectivity index (χ0n) is 16.7. The van der Waals surface area contributed by atoms with Gasteiger partial charge >= 0.3 is 4.83 Å². The van der Waals surface area contributed by atoms with E-state index in [1.807, 2.05) is 15.9 Å². The van der Waals surface area contributed by atoms with Gasteiger partial charge in [0.2, 0.25) is 0 Å². The summed E-state index contributed by atoms with van der Waals surface area (Å²) >= 11 is 2.03. The Bertz CT molecular complexity index is 633. The van der Waals surface area contributed by atoms with Gasteiger partial charge in [0.1, 0.15) is 17.2 Å². The Balaban J connectivity index is 1.45. The molecule has 0 radical (unpaired) electrons. The molecule has 0 bridgehead atoms. The minimum atomic E-state index is -3.71. The van der Waals surface area contributed by atoms with Gasteiger partial charge in [-0.1, -0.05) is 25.7 Å². The van der Waals surface area contributed by atoms with Crippen molar-refractivity contribution in [1.82, 2.24) is 0 Å². The first-order chi connectivity index (χ1) is 13.8. The second-order valence-corrected chi connectivity index (χ2v) is 10.0. The van der Waals surface area contributed by atoms with Crippen molar-refractivity contribution in [3.63, 3.8) is 0 Å². The molecule has 0 aliphatic heterocycles. The smallest absolute Gasteiger partial charge is 0.251 e. The van der Waals surface area contributed by atoms with E-state index in [0.29, 0.717) is 23.8 Å². The van der Waals surface area contributed by atoms with Crippen LogP contribution in [0.15, 0.2) is 12.1 Å². The summed E-state index contributed by atoms with van der Waals surface area (Å²) in [6.45, 7) is -0.199. The van der Waals surface area contributed by atoms with Crippen LogP contribution in [0.5, 0.6) is 0 Å². The average molecular weight is 481 g/mol. The van der Waals surface area contributed by atoms with Crippen molar-refractivity contribution in [3.8, 4) is 0 Å². The minimum Gasteiger partial charge on any atom is -0.251 e. The van der Waals surface area contributed by atoms with Crippen LogP contribution in [-0.4, -0.2) is 6.67 Å². The van der Waals surface area contributed by atoms with Crippen LogP contribution < -0.4 is 0 Å². The molecule has 6 heteroatoms. The molecule has 0 saturated heterocycles. The minimum absolute atomic E-state index is 0.199. The summed E-state index contributed by atoms with van der Waals surface area (Å²) < 4.78 is 66.9. The Morgan fingerprint density at radius 2 is 1.24 bits per heavy atom. The van der Waals surface area contributed by atoms with Gasteiger partial charge in [-0.05, 0) is 102 Å². The van der Waals surface area contributed by atoms with Crippen LogP contribution in [0.25, 0.3) is 0 Å². The van der Waals surface area contributed by atoms with Gasteiger partial charge in [0.15, 0.2) is 0 Å². The lowest BCUT2D eigenvalue weighted by Crippen LogP contribution is -2.26. The summed E-state index contributed by atoms with van der Waals surface area (Å²) in [5, 5.41) is 0. The molecule has 0 spiro atoms. The number of hydrogen-bond acceptors (Lipinski definition) is 0. The molecule has 2 fully saturated rings. The fourth-order valence-electron chi connectivity index (χ4n) is 5.46. The molecular weight excluding hydrogens is 451 g/mol. The number of benzene rings is 1. The molecule has 164 valence electrons. The maximum atomic E-state index is 13.9. The fourth-order valence-corrected chi connectivity index (χ4v) is 5.84. The molecule has 3 rings (SSSR count). The Morgan fingerprint density at radius 1 is 0.793 bits per heavy atom. The van der Waals surface area contributed by atoms with Crippen LogP contribution in [0.3, 0.4) is 0 Å². The second kappa shape index (κ2) is 10.1. The SMILES string of the molecule is FCCC1CCC(C2CCC(CCc3cc(F)c(C(F)(F)Br)c(F)c3)CC2)CC1. The molecule has 2 aliphatic carbocycles. The van der Waals surface area contributed by atoms with Crippen molar-refractivity contribution in [2.45, 2.75) is 75.5 Å². The van der Waals surface area contributed by atoms with Crippen LogP contribution in [0, 0.1) is 35.3 Å². The number of halogens is 6. The van der Waals surface area contributed by atoms with E-state index >= 15 is 0 Å². The van der Waals surface area contributed by atoms with Crippen LogP contribution in [0.1, 0.15) is 75.3 Å². The third-order valence-electron chi connectivity index (χ3n) is 7.19. The molecule has 29 heavy (non-hydrogen) atoms. The first kappa shape index (κ1) is 23.0. The highest BCUT2D eigenvalue weighted by Crippen LogP contribution is 2.43. The van der Waals surface area contributed by atoms with Gasteiger partial charge in [-0.25, -0.2) is 8.78 Å². The molecule has 1 aromatic rings. The topological polar surface area (TPSA) is 0 Å². The van der Waals surface area contributed by atoms with E-state index < -0.39 is 22.0 Å². The van der Waals surface area contributed by atoms with Crippen LogP contribution in [-0.2, 0) is 11.3 Å².